The van der Waals surface area contributed by atoms with Gasteiger partial charge >= 0.3 is 11.9 Å². The van der Waals surface area contributed by atoms with Crippen molar-refractivity contribution in [2.24, 2.45) is 0 Å². The van der Waals surface area contributed by atoms with Crippen LogP contribution in [0.15, 0.2) is 73.1 Å². The molecule has 4 aromatic rings. The van der Waals surface area contributed by atoms with E-state index in [4.69, 9.17) is 33.4 Å². The minimum atomic E-state index is -1.02. The molecule has 0 radical (unpaired) electrons. The van der Waals surface area contributed by atoms with E-state index in [0.29, 0.717) is 21.7 Å². The molecule has 0 aliphatic heterocycles. The Morgan fingerprint density at radius 3 is 1.42 bits per heavy atom. The van der Waals surface area contributed by atoms with Gasteiger partial charge in [0.2, 0.25) is 0 Å². The minimum absolute atomic E-state index is 0.122. The smallest absolute Gasteiger partial charge is 0.339 e. The zero-order chi connectivity index (χ0) is 26.2. The van der Waals surface area contributed by atoms with Crippen LogP contribution in [0.25, 0.3) is 0 Å². The van der Waals surface area contributed by atoms with E-state index in [1.54, 1.807) is 36.4 Å². The topological polar surface area (TPSA) is 124 Å². The first-order valence-corrected chi connectivity index (χ1v) is 11.4. The van der Waals surface area contributed by atoms with Gasteiger partial charge in [0.1, 0.15) is 22.8 Å². The van der Waals surface area contributed by atoms with Crippen molar-refractivity contribution in [1.82, 2.24) is 9.97 Å². The van der Waals surface area contributed by atoms with Crippen LogP contribution >= 0.6 is 23.2 Å². The molecule has 0 bridgehead atoms. The summed E-state index contributed by atoms with van der Waals surface area (Å²) >= 11 is 12.0. The van der Waals surface area contributed by atoms with Crippen LogP contribution < -0.4 is 10.6 Å². The average molecular weight is 525 g/mol. The van der Waals surface area contributed by atoms with Crippen LogP contribution in [0.5, 0.6) is 0 Å². The van der Waals surface area contributed by atoms with E-state index >= 15 is 0 Å². The van der Waals surface area contributed by atoms with Gasteiger partial charge in [0, 0.05) is 33.8 Å². The van der Waals surface area contributed by atoms with Gasteiger partial charge in [-0.05, 0) is 73.5 Å². The second-order valence-corrected chi connectivity index (χ2v) is 8.30. The number of anilines is 4. The van der Waals surface area contributed by atoms with Crippen LogP contribution in [0, 0.1) is 13.8 Å². The molecule has 184 valence electrons. The molecule has 0 spiro atoms. The lowest BCUT2D eigenvalue weighted by Gasteiger charge is -2.11. The lowest BCUT2D eigenvalue weighted by atomic mass is 10.2. The highest BCUT2D eigenvalue weighted by Gasteiger charge is 2.13. The summed E-state index contributed by atoms with van der Waals surface area (Å²) < 4.78 is 0. The molecule has 4 N–H and O–H groups in total. The molecular formula is C26H22Cl2N4O4. The molecule has 0 aliphatic rings. The van der Waals surface area contributed by atoms with Gasteiger partial charge in [0.25, 0.3) is 0 Å². The van der Waals surface area contributed by atoms with Crippen molar-refractivity contribution >= 4 is 58.2 Å². The van der Waals surface area contributed by atoms with Gasteiger partial charge in [-0.2, -0.15) is 0 Å². The number of aromatic nitrogens is 2. The summed E-state index contributed by atoms with van der Waals surface area (Å²) in [5.41, 5.74) is 3.42. The molecule has 36 heavy (non-hydrogen) atoms. The van der Waals surface area contributed by atoms with Gasteiger partial charge in [-0.1, -0.05) is 35.3 Å². The van der Waals surface area contributed by atoms with Gasteiger partial charge in [0.15, 0.2) is 0 Å². The minimum Gasteiger partial charge on any atom is -0.478 e. The van der Waals surface area contributed by atoms with E-state index in [1.165, 1.54) is 24.5 Å². The molecule has 0 unspecified atom stereocenters. The summed E-state index contributed by atoms with van der Waals surface area (Å²) in [6, 6.07) is 16.9. The summed E-state index contributed by atoms with van der Waals surface area (Å²) in [6.07, 6.45) is 3.07. The number of carboxylic acids is 2. The van der Waals surface area contributed by atoms with E-state index < -0.39 is 11.9 Å². The maximum atomic E-state index is 11.1. The number of pyridine rings is 2. The maximum absolute atomic E-state index is 11.1. The van der Waals surface area contributed by atoms with Gasteiger partial charge in [-0.3, -0.25) is 0 Å². The molecule has 0 atom stereocenters. The van der Waals surface area contributed by atoms with Crippen LogP contribution in [0.1, 0.15) is 31.8 Å². The third kappa shape index (κ3) is 6.50. The third-order valence-corrected chi connectivity index (χ3v) is 5.94. The SMILES string of the molecule is Cc1c(Cl)cccc1Nc1ncccc1C(=O)O.Cc1c(Cl)cccc1Nc1ncccc1C(=O)O. The monoisotopic (exact) mass is 524 g/mol. The number of hydrogen-bond donors (Lipinski definition) is 4. The van der Waals surface area contributed by atoms with Crippen molar-refractivity contribution in [3.05, 3.63) is 105 Å². The van der Waals surface area contributed by atoms with Crippen molar-refractivity contribution < 1.29 is 19.8 Å². The Morgan fingerprint density at radius 2 is 1.06 bits per heavy atom. The maximum Gasteiger partial charge on any atom is 0.339 e. The predicted molar refractivity (Wildman–Crippen MR) is 141 cm³/mol. The largest absolute Gasteiger partial charge is 0.478 e. The zero-order valence-electron chi connectivity index (χ0n) is 19.3. The highest BCUT2D eigenvalue weighted by Crippen LogP contribution is 2.27. The van der Waals surface area contributed by atoms with E-state index in [0.717, 1.165) is 22.5 Å². The second-order valence-electron chi connectivity index (χ2n) is 7.48. The van der Waals surface area contributed by atoms with Crippen LogP contribution in [-0.4, -0.2) is 32.1 Å². The molecule has 0 amide bonds. The van der Waals surface area contributed by atoms with Crippen molar-refractivity contribution in [1.29, 1.82) is 0 Å². The molecule has 10 heteroatoms. The summed E-state index contributed by atoms with van der Waals surface area (Å²) in [5.74, 6) is -1.44. The summed E-state index contributed by atoms with van der Waals surface area (Å²) in [7, 11) is 0. The highest BCUT2D eigenvalue weighted by atomic mass is 35.5. The molecule has 8 nitrogen and oxygen atoms in total. The number of hydrogen-bond acceptors (Lipinski definition) is 6. The standard InChI is InChI=1S/2C13H11ClN2O2/c2*1-8-10(14)5-2-6-11(8)16-12-9(13(17)18)4-3-7-15-12/h2*2-7H,1H3,(H,15,16)(H,17,18). The second kappa shape index (κ2) is 12.0. The van der Waals surface area contributed by atoms with Crippen LogP contribution in [0.4, 0.5) is 23.0 Å². The van der Waals surface area contributed by atoms with Gasteiger partial charge in [-0.15, -0.1) is 0 Å². The van der Waals surface area contributed by atoms with Crippen molar-refractivity contribution in [2.45, 2.75) is 13.8 Å². The first kappa shape index (κ1) is 26.5. The Labute approximate surface area is 217 Å². The summed E-state index contributed by atoms with van der Waals surface area (Å²) in [5, 5.41) is 25.3. The van der Waals surface area contributed by atoms with E-state index in [-0.39, 0.29) is 11.1 Å². The van der Waals surface area contributed by atoms with E-state index in [9.17, 15) is 9.59 Å². The number of rotatable bonds is 6. The molecular weight excluding hydrogens is 503 g/mol. The predicted octanol–water partition coefficient (Wildman–Crippen LogP) is 6.97. The van der Waals surface area contributed by atoms with Crippen LogP contribution in [0.2, 0.25) is 10.0 Å². The van der Waals surface area contributed by atoms with Crippen molar-refractivity contribution in [3.8, 4) is 0 Å². The lowest BCUT2D eigenvalue weighted by molar-refractivity contribution is 0.0686. The first-order valence-electron chi connectivity index (χ1n) is 10.6. The average Bonchev–Trinajstić information content (AvgIpc) is 2.86. The van der Waals surface area contributed by atoms with E-state index in [2.05, 4.69) is 20.6 Å². The first-order chi connectivity index (χ1) is 17.2. The van der Waals surface area contributed by atoms with Crippen molar-refractivity contribution in [3.63, 3.8) is 0 Å². The van der Waals surface area contributed by atoms with Crippen molar-refractivity contribution in [2.75, 3.05) is 10.6 Å². The fourth-order valence-electron chi connectivity index (χ4n) is 3.10. The van der Waals surface area contributed by atoms with Gasteiger partial charge < -0.3 is 20.8 Å². The van der Waals surface area contributed by atoms with Gasteiger partial charge in [0.05, 0.1) is 0 Å². The molecule has 0 saturated heterocycles. The Morgan fingerprint density at radius 1 is 0.667 bits per heavy atom. The number of aromatic carboxylic acids is 2. The number of nitrogens with one attached hydrogen (secondary N) is 2. The Balaban J connectivity index is 0.000000201. The number of carbonyl (C=O) groups is 2. The molecule has 2 aromatic heterocycles. The quantitative estimate of drug-likeness (QED) is 0.213. The Hall–Kier alpha value is -4.14. The molecule has 2 heterocycles. The Kier molecular flexibility index (Phi) is 8.83. The summed E-state index contributed by atoms with van der Waals surface area (Å²) in [6.45, 7) is 3.71. The number of halogens is 2. The third-order valence-electron chi connectivity index (χ3n) is 5.12. The lowest BCUT2D eigenvalue weighted by Crippen LogP contribution is -2.05. The molecule has 2 aromatic carbocycles. The van der Waals surface area contributed by atoms with Crippen LogP contribution in [0.3, 0.4) is 0 Å². The normalized spacial score (nSPS) is 10.1. The molecule has 0 aliphatic carbocycles. The molecule has 0 fully saturated rings. The van der Waals surface area contributed by atoms with Gasteiger partial charge in [-0.25, -0.2) is 19.6 Å². The van der Waals surface area contributed by atoms with Crippen LogP contribution in [-0.2, 0) is 0 Å². The van der Waals surface area contributed by atoms with E-state index in [1.807, 2.05) is 26.0 Å². The number of benzene rings is 2. The molecule has 0 saturated carbocycles. The number of carboxylic acid groups (broad SMARTS) is 2. The highest BCUT2D eigenvalue weighted by molar-refractivity contribution is 6.32. The number of nitrogens with zero attached hydrogens (tertiary/aromatic N) is 2. The fraction of sp³-hybridized carbons (Fsp3) is 0.0769. The zero-order valence-corrected chi connectivity index (χ0v) is 20.8. The summed E-state index contributed by atoms with van der Waals surface area (Å²) in [4.78, 5) is 30.2. The molecule has 4 rings (SSSR count). The fourth-order valence-corrected chi connectivity index (χ4v) is 3.44. The Bertz CT molecular complexity index is 1310.